The molecule has 0 unspecified atom stereocenters. The molecule has 4 rings (SSSR count). The molecule has 0 radical (unpaired) electrons. The summed E-state index contributed by atoms with van der Waals surface area (Å²) in [7, 11) is 1.69. The molecule has 0 bridgehead atoms. The minimum atomic E-state index is 0.152. The summed E-state index contributed by atoms with van der Waals surface area (Å²) >= 11 is 0. The summed E-state index contributed by atoms with van der Waals surface area (Å²) in [4.78, 5) is 19.7. The topological polar surface area (TPSA) is 90.6 Å². The van der Waals surface area contributed by atoms with Crippen molar-refractivity contribution in [3.8, 4) is 11.8 Å². The van der Waals surface area contributed by atoms with E-state index in [9.17, 15) is 5.26 Å². The van der Waals surface area contributed by atoms with Crippen molar-refractivity contribution < 1.29 is 9.47 Å². The minimum absolute atomic E-state index is 0.152. The van der Waals surface area contributed by atoms with Crippen molar-refractivity contribution in [1.29, 1.82) is 5.26 Å². The molecule has 0 amide bonds. The van der Waals surface area contributed by atoms with E-state index in [1.54, 1.807) is 7.11 Å². The summed E-state index contributed by atoms with van der Waals surface area (Å²) in [6, 6.07) is 10.1. The van der Waals surface area contributed by atoms with E-state index in [4.69, 9.17) is 9.47 Å². The van der Waals surface area contributed by atoms with E-state index in [-0.39, 0.29) is 5.82 Å². The fourth-order valence-corrected chi connectivity index (χ4v) is 3.49. The van der Waals surface area contributed by atoms with E-state index in [1.165, 1.54) is 0 Å². The Hall–Kier alpha value is -3.12. The van der Waals surface area contributed by atoms with Gasteiger partial charge in [0.15, 0.2) is 0 Å². The number of nitriles is 1. The van der Waals surface area contributed by atoms with Gasteiger partial charge in [-0.15, -0.1) is 0 Å². The van der Waals surface area contributed by atoms with Crippen LogP contribution in [0.3, 0.4) is 0 Å². The molecule has 0 spiro atoms. The van der Waals surface area contributed by atoms with Gasteiger partial charge in [0.2, 0.25) is 17.7 Å². The van der Waals surface area contributed by atoms with Crippen molar-refractivity contribution in [2.75, 3.05) is 74.3 Å². The van der Waals surface area contributed by atoms with Crippen molar-refractivity contribution in [3.05, 3.63) is 30.1 Å². The van der Waals surface area contributed by atoms with E-state index in [0.29, 0.717) is 25.1 Å². The average molecular weight is 381 g/mol. The van der Waals surface area contributed by atoms with E-state index < -0.39 is 0 Å². The number of ether oxygens (including phenoxy) is 2. The second-order valence-electron chi connectivity index (χ2n) is 6.62. The molecule has 1 aromatic carbocycles. The Labute approximate surface area is 164 Å². The molecule has 0 aliphatic carbocycles. The van der Waals surface area contributed by atoms with Crippen LogP contribution in [0.15, 0.2) is 24.3 Å². The first kappa shape index (κ1) is 18.3. The van der Waals surface area contributed by atoms with Gasteiger partial charge in [-0.3, -0.25) is 0 Å². The lowest BCUT2D eigenvalue weighted by Gasteiger charge is -2.37. The first-order valence-electron chi connectivity index (χ1n) is 9.40. The number of nitrogens with zero attached hydrogens (tertiary/aromatic N) is 7. The zero-order valence-corrected chi connectivity index (χ0v) is 15.9. The molecule has 2 aliphatic rings. The molecule has 2 fully saturated rings. The van der Waals surface area contributed by atoms with Gasteiger partial charge in [0.1, 0.15) is 11.8 Å². The van der Waals surface area contributed by atoms with Crippen LogP contribution < -0.4 is 19.4 Å². The maximum Gasteiger partial charge on any atom is 0.238 e. The zero-order chi connectivity index (χ0) is 19.3. The van der Waals surface area contributed by atoms with Crippen LogP contribution >= 0.6 is 0 Å². The van der Waals surface area contributed by atoms with Crippen molar-refractivity contribution >= 4 is 17.6 Å². The number of para-hydroxylation sites is 2. The molecule has 2 saturated heterocycles. The van der Waals surface area contributed by atoms with Crippen molar-refractivity contribution in [2.24, 2.45) is 0 Å². The molecule has 2 aliphatic heterocycles. The maximum atomic E-state index is 9.35. The summed E-state index contributed by atoms with van der Waals surface area (Å²) in [6.07, 6.45) is 0. The van der Waals surface area contributed by atoms with Crippen molar-refractivity contribution in [3.63, 3.8) is 0 Å². The third-order valence-corrected chi connectivity index (χ3v) is 4.99. The first-order chi connectivity index (χ1) is 13.8. The molecule has 1 aromatic heterocycles. The summed E-state index contributed by atoms with van der Waals surface area (Å²) in [5.41, 5.74) is 1.09. The fraction of sp³-hybridized carbons (Fsp3) is 0.474. The fourth-order valence-electron chi connectivity index (χ4n) is 3.49. The minimum Gasteiger partial charge on any atom is -0.495 e. The number of anilines is 3. The molecule has 9 nitrogen and oxygen atoms in total. The second kappa shape index (κ2) is 8.27. The number of methoxy groups -OCH3 is 1. The molecular formula is C19H23N7O2. The van der Waals surface area contributed by atoms with Crippen LogP contribution in [-0.4, -0.2) is 74.5 Å². The monoisotopic (exact) mass is 381 g/mol. The molecule has 146 valence electrons. The molecule has 0 N–H and O–H groups in total. The Balaban J connectivity index is 1.50. The summed E-state index contributed by atoms with van der Waals surface area (Å²) in [6.45, 7) is 5.87. The number of aromatic nitrogens is 3. The Morgan fingerprint density at radius 1 is 0.893 bits per heavy atom. The van der Waals surface area contributed by atoms with Crippen LogP contribution in [0.4, 0.5) is 17.6 Å². The SMILES string of the molecule is COc1ccccc1N1CCN(c2nc(C#N)nc(N3CCOCC3)n2)CC1. The highest BCUT2D eigenvalue weighted by Crippen LogP contribution is 2.29. The lowest BCUT2D eigenvalue weighted by atomic mass is 10.2. The number of morpholine rings is 1. The second-order valence-corrected chi connectivity index (χ2v) is 6.62. The Morgan fingerprint density at radius 2 is 1.50 bits per heavy atom. The Bertz CT molecular complexity index is 856. The molecule has 28 heavy (non-hydrogen) atoms. The van der Waals surface area contributed by atoms with Crippen LogP contribution in [-0.2, 0) is 4.74 Å². The smallest absolute Gasteiger partial charge is 0.238 e. The van der Waals surface area contributed by atoms with Gasteiger partial charge in [-0.2, -0.15) is 20.2 Å². The summed E-state index contributed by atoms with van der Waals surface area (Å²) in [5.74, 6) is 2.14. The lowest BCUT2D eigenvalue weighted by molar-refractivity contribution is 0.122. The van der Waals surface area contributed by atoms with Gasteiger partial charge in [-0.1, -0.05) is 12.1 Å². The Morgan fingerprint density at radius 3 is 2.14 bits per heavy atom. The predicted octanol–water partition coefficient (Wildman–Crippen LogP) is 0.915. The molecule has 3 heterocycles. The van der Waals surface area contributed by atoms with Gasteiger partial charge >= 0.3 is 0 Å². The zero-order valence-electron chi connectivity index (χ0n) is 15.9. The molecule has 0 saturated carbocycles. The molecule has 0 atom stereocenters. The predicted molar refractivity (Wildman–Crippen MR) is 105 cm³/mol. The number of hydrogen-bond acceptors (Lipinski definition) is 9. The standard InChI is InChI=1S/C19H23N7O2/c1-27-16-5-3-2-4-15(16)24-6-8-25(9-7-24)18-21-17(14-20)22-19(23-18)26-10-12-28-13-11-26/h2-5H,6-13H2,1H3. The molecular weight excluding hydrogens is 358 g/mol. The highest BCUT2D eigenvalue weighted by Gasteiger charge is 2.24. The average Bonchev–Trinajstić information content (AvgIpc) is 2.79. The van der Waals surface area contributed by atoms with Crippen LogP contribution in [0.5, 0.6) is 5.75 Å². The van der Waals surface area contributed by atoms with Crippen LogP contribution in [0.25, 0.3) is 0 Å². The number of piperazine rings is 1. The maximum absolute atomic E-state index is 9.35. The molecule has 2 aromatic rings. The highest BCUT2D eigenvalue weighted by atomic mass is 16.5. The third-order valence-electron chi connectivity index (χ3n) is 4.99. The third kappa shape index (κ3) is 3.77. The Kier molecular flexibility index (Phi) is 5.39. The van der Waals surface area contributed by atoms with Gasteiger partial charge in [0.05, 0.1) is 26.0 Å². The van der Waals surface area contributed by atoms with Crippen LogP contribution in [0.1, 0.15) is 5.82 Å². The normalized spacial score (nSPS) is 17.4. The summed E-state index contributed by atoms with van der Waals surface area (Å²) in [5, 5.41) is 9.35. The van der Waals surface area contributed by atoms with Gasteiger partial charge in [-0.05, 0) is 12.1 Å². The van der Waals surface area contributed by atoms with Crippen molar-refractivity contribution in [1.82, 2.24) is 15.0 Å². The number of benzene rings is 1. The lowest BCUT2D eigenvalue weighted by Crippen LogP contribution is -2.47. The van der Waals surface area contributed by atoms with Gasteiger partial charge in [-0.25, -0.2) is 0 Å². The van der Waals surface area contributed by atoms with Crippen LogP contribution in [0, 0.1) is 11.3 Å². The highest BCUT2D eigenvalue weighted by molar-refractivity contribution is 5.59. The van der Waals surface area contributed by atoms with E-state index in [1.807, 2.05) is 23.1 Å². The van der Waals surface area contributed by atoms with Crippen LogP contribution in [0.2, 0.25) is 0 Å². The van der Waals surface area contributed by atoms with E-state index in [0.717, 1.165) is 50.7 Å². The number of hydrogen-bond donors (Lipinski definition) is 0. The van der Waals surface area contributed by atoms with Gasteiger partial charge < -0.3 is 24.2 Å². The largest absolute Gasteiger partial charge is 0.495 e. The van der Waals surface area contributed by atoms with E-state index in [2.05, 4.69) is 36.9 Å². The molecule has 9 heteroatoms. The quantitative estimate of drug-likeness (QED) is 0.766. The summed E-state index contributed by atoms with van der Waals surface area (Å²) < 4.78 is 10.9. The number of rotatable bonds is 4. The van der Waals surface area contributed by atoms with Gasteiger partial charge in [0, 0.05) is 39.3 Å². The van der Waals surface area contributed by atoms with Crippen molar-refractivity contribution in [2.45, 2.75) is 0 Å². The first-order valence-corrected chi connectivity index (χ1v) is 9.40. The van der Waals surface area contributed by atoms with E-state index >= 15 is 0 Å². The van der Waals surface area contributed by atoms with Gasteiger partial charge in [0.25, 0.3) is 0 Å².